The summed E-state index contributed by atoms with van der Waals surface area (Å²) >= 11 is 1.81. The van der Waals surface area contributed by atoms with Crippen molar-refractivity contribution in [1.29, 1.82) is 0 Å². The highest BCUT2D eigenvalue weighted by atomic mass is 32.2. The summed E-state index contributed by atoms with van der Waals surface area (Å²) < 4.78 is 0. The van der Waals surface area contributed by atoms with E-state index in [-0.39, 0.29) is 0 Å². The molecule has 0 amide bonds. The zero-order valence-corrected chi connectivity index (χ0v) is 5.79. The van der Waals surface area contributed by atoms with Gasteiger partial charge in [0, 0.05) is 11.1 Å². The van der Waals surface area contributed by atoms with Gasteiger partial charge in [0.25, 0.3) is 0 Å². The van der Waals surface area contributed by atoms with Gasteiger partial charge < -0.3 is 5.73 Å². The van der Waals surface area contributed by atoms with E-state index < -0.39 is 0 Å². The lowest BCUT2D eigenvalue weighted by atomic mass is 10.4. The van der Waals surface area contributed by atoms with E-state index in [0.29, 0.717) is 0 Å². The van der Waals surface area contributed by atoms with Crippen LogP contribution in [0, 0.1) is 0 Å². The second-order valence-corrected chi connectivity index (χ2v) is 3.02. The third kappa shape index (κ3) is 4.16. The van der Waals surface area contributed by atoms with Gasteiger partial charge in [0.1, 0.15) is 0 Å². The highest BCUT2D eigenvalue weighted by Gasteiger charge is 1.93. The summed E-state index contributed by atoms with van der Waals surface area (Å²) in [5.41, 5.74) is 5.27. The molecular formula is C5H13NS. The van der Waals surface area contributed by atoms with Gasteiger partial charge in [-0.2, -0.15) is 0 Å². The fourth-order valence-electron chi connectivity index (χ4n) is 0.282. The van der Waals surface area contributed by atoms with Crippen molar-refractivity contribution in [3.05, 3.63) is 0 Å². The molecule has 1 nitrogen and oxygen atoms in total. The minimum Gasteiger partial charge on any atom is -0.322 e. The molecule has 0 aromatic rings. The van der Waals surface area contributed by atoms with Crippen LogP contribution in [0.25, 0.3) is 0 Å². The Morgan fingerprint density at radius 1 is 1.71 bits per heavy atom. The second-order valence-electron chi connectivity index (χ2n) is 1.55. The van der Waals surface area contributed by atoms with Crippen LogP contribution in [0.5, 0.6) is 0 Å². The van der Waals surface area contributed by atoms with Gasteiger partial charge >= 0.3 is 0 Å². The van der Waals surface area contributed by atoms with E-state index in [0.717, 1.165) is 11.1 Å². The molecule has 0 spiro atoms. The van der Waals surface area contributed by atoms with Gasteiger partial charge in [-0.05, 0) is 6.42 Å². The molecule has 1 unspecified atom stereocenters. The standard InChI is InChI=1S/C5H13NS/c1-3-5(2)7-4-6/h5H,3-4,6H2,1-2H3. The summed E-state index contributed by atoms with van der Waals surface area (Å²) in [6, 6.07) is 0. The Kier molecular flexibility index (Phi) is 4.67. The Hall–Kier alpha value is 0.310. The van der Waals surface area contributed by atoms with Gasteiger partial charge in [0.15, 0.2) is 0 Å². The van der Waals surface area contributed by atoms with E-state index in [1.165, 1.54) is 6.42 Å². The Labute approximate surface area is 49.7 Å². The van der Waals surface area contributed by atoms with E-state index in [1.807, 2.05) is 11.8 Å². The molecule has 0 aliphatic rings. The normalized spacial score (nSPS) is 14.1. The van der Waals surface area contributed by atoms with Gasteiger partial charge in [-0.3, -0.25) is 0 Å². The molecule has 0 fully saturated rings. The molecule has 0 rings (SSSR count). The maximum Gasteiger partial charge on any atom is 0.0395 e. The van der Waals surface area contributed by atoms with Gasteiger partial charge in [-0.15, -0.1) is 11.8 Å². The van der Waals surface area contributed by atoms with Crippen LogP contribution in [-0.2, 0) is 0 Å². The van der Waals surface area contributed by atoms with Crippen molar-refractivity contribution in [2.75, 3.05) is 5.88 Å². The van der Waals surface area contributed by atoms with Crippen LogP contribution in [0.2, 0.25) is 0 Å². The first kappa shape index (κ1) is 7.31. The van der Waals surface area contributed by atoms with Crippen molar-refractivity contribution < 1.29 is 0 Å². The highest BCUT2D eigenvalue weighted by Crippen LogP contribution is 2.09. The average Bonchev–Trinajstić information content (AvgIpc) is 1.68. The van der Waals surface area contributed by atoms with Crippen molar-refractivity contribution in [2.45, 2.75) is 25.5 Å². The molecule has 0 radical (unpaired) electrons. The predicted molar refractivity (Wildman–Crippen MR) is 36.4 cm³/mol. The molecule has 44 valence electrons. The first-order chi connectivity index (χ1) is 3.31. The Bertz CT molecular complexity index is 39.1. The minimum atomic E-state index is 0.741. The van der Waals surface area contributed by atoms with Gasteiger partial charge in [-0.1, -0.05) is 13.8 Å². The topological polar surface area (TPSA) is 26.0 Å². The lowest BCUT2D eigenvalue weighted by Crippen LogP contribution is -2.00. The van der Waals surface area contributed by atoms with Crippen molar-refractivity contribution in [3.63, 3.8) is 0 Å². The number of hydrogen-bond acceptors (Lipinski definition) is 2. The smallest absolute Gasteiger partial charge is 0.0395 e. The molecule has 0 aromatic carbocycles. The molecule has 0 heterocycles. The van der Waals surface area contributed by atoms with E-state index in [4.69, 9.17) is 5.73 Å². The molecule has 0 saturated carbocycles. The summed E-state index contributed by atoms with van der Waals surface area (Å²) in [5.74, 6) is 0.759. The Balaban J connectivity index is 2.83. The minimum absolute atomic E-state index is 0.741. The number of rotatable bonds is 3. The zero-order chi connectivity index (χ0) is 5.70. The summed E-state index contributed by atoms with van der Waals surface area (Å²) in [6.07, 6.45) is 1.22. The fraction of sp³-hybridized carbons (Fsp3) is 1.00. The second kappa shape index (κ2) is 4.47. The van der Waals surface area contributed by atoms with E-state index in [1.54, 1.807) is 0 Å². The lowest BCUT2D eigenvalue weighted by molar-refractivity contribution is 0.905. The van der Waals surface area contributed by atoms with Crippen molar-refractivity contribution >= 4 is 11.8 Å². The quantitative estimate of drug-likeness (QED) is 0.569. The first-order valence-corrected chi connectivity index (χ1v) is 3.67. The maximum atomic E-state index is 5.27. The molecule has 0 aliphatic heterocycles. The van der Waals surface area contributed by atoms with Crippen molar-refractivity contribution in [3.8, 4) is 0 Å². The van der Waals surface area contributed by atoms with Crippen LogP contribution in [0.4, 0.5) is 0 Å². The third-order valence-corrected chi connectivity index (χ3v) is 2.05. The molecule has 2 heteroatoms. The largest absolute Gasteiger partial charge is 0.322 e. The van der Waals surface area contributed by atoms with E-state index >= 15 is 0 Å². The van der Waals surface area contributed by atoms with Crippen LogP contribution >= 0.6 is 11.8 Å². The molecule has 1 atom stereocenters. The van der Waals surface area contributed by atoms with E-state index in [9.17, 15) is 0 Å². The maximum absolute atomic E-state index is 5.27. The summed E-state index contributed by atoms with van der Waals surface area (Å²) in [6.45, 7) is 4.37. The van der Waals surface area contributed by atoms with Crippen molar-refractivity contribution in [1.82, 2.24) is 0 Å². The fourth-order valence-corrected chi connectivity index (χ4v) is 0.846. The molecule has 7 heavy (non-hydrogen) atoms. The monoisotopic (exact) mass is 119 g/mol. The Morgan fingerprint density at radius 2 is 2.29 bits per heavy atom. The molecule has 2 N–H and O–H groups in total. The molecule has 0 aliphatic carbocycles. The zero-order valence-electron chi connectivity index (χ0n) is 4.98. The SMILES string of the molecule is CCC(C)SCN. The van der Waals surface area contributed by atoms with Gasteiger partial charge in [0.2, 0.25) is 0 Å². The number of thioether (sulfide) groups is 1. The summed E-state index contributed by atoms with van der Waals surface area (Å²) in [5, 5.41) is 0.741. The lowest BCUT2D eigenvalue weighted by Gasteiger charge is -2.02. The molecule has 0 saturated heterocycles. The van der Waals surface area contributed by atoms with Crippen LogP contribution in [0.15, 0.2) is 0 Å². The van der Waals surface area contributed by atoms with Crippen LogP contribution < -0.4 is 5.73 Å². The van der Waals surface area contributed by atoms with Crippen LogP contribution in [-0.4, -0.2) is 11.1 Å². The average molecular weight is 119 g/mol. The molecule has 0 bridgehead atoms. The van der Waals surface area contributed by atoms with Gasteiger partial charge in [0.05, 0.1) is 0 Å². The number of hydrogen-bond donors (Lipinski definition) is 1. The van der Waals surface area contributed by atoms with Crippen molar-refractivity contribution in [2.24, 2.45) is 5.73 Å². The first-order valence-electron chi connectivity index (χ1n) is 2.63. The van der Waals surface area contributed by atoms with E-state index in [2.05, 4.69) is 13.8 Å². The van der Waals surface area contributed by atoms with Crippen LogP contribution in [0.1, 0.15) is 20.3 Å². The Morgan fingerprint density at radius 3 is 2.43 bits per heavy atom. The highest BCUT2D eigenvalue weighted by molar-refractivity contribution is 7.99. The van der Waals surface area contributed by atoms with Crippen LogP contribution in [0.3, 0.4) is 0 Å². The van der Waals surface area contributed by atoms with Gasteiger partial charge in [-0.25, -0.2) is 0 Å². The number of nitrogens with two attached hydrogens (primary N) is 1. The third-order valence-electron chi connectivity index (χ3n) is 0.956. The summed E-state index contributed by atoms with van der Waals surface area (Å²) in [7, 11) is 0. The molecule has 0 aromatic heterocycles. The predicted octanol–water partition coefficient (Wildman–Crippen LogP) is 1.43. The summed E-state index contributed by atoms with van der Waals surface area (Å²) in [4.78, 5) is 0. The molecular weight excluding hydrogens is 106 g/mol.